The number of fused-ring (bicyclic) bond motifs is 1. The second-order valence-electron chi connectivity index (χ2n) is 7.27. The molecule has 4 aromatic rings. The normalized spacial score (nSPS) is 13.9. The minimum atomic E-state index is 0.554. The number of ether oxygens (including phenoxy) is 1. The molecule has 5 rings (SSSR count). The van der Waals surface area contributed by atoms with Gasteiger partial charge < -0.3 is 14.5 Å². The summed E-state index contributed by atoms with van der Waals surface area (Å²) >= 11 is 0. The summed E-state index contributed by atoms with van der Waals surface area (Å²) in [5.74, 6) is 1.75. The topological polar surface area (TPSA) is 83.1 Å². The van der Waals surface area contributed by atoms with Crippen LogP contribution in [0.4, 0.5) is 11.5 Å². The van der Waals surface area contributed by atoms with Gasteiger partial charge >= 0.3 is 0 Å². The summed E-state index contributed by atoms with van der Waals surface area (Å²) in [6.07, 6.45) is 3.35. The van der Waals surface area contributed by atoms with Gasteiger partial charge in [0.2, 0.25) is 0 Å². The minimum absolute atomic E-state index is 0.554. The van der Waals surface area contributed by atoms with Crippen molar-refractivity contribution < 1.29 is 4.74 Å². The molecule has 1 aliphatic rings. The van der Waals surface area contributed by atoms with Crippen molar-refractivity contribution in [2.24, 2.45) is 0 Å². The smallest absolute Gasteiger partial charge is 0.168 e. The second-order valence-corrected chi connectivity index (χ2v) is 7.27. The first-order valence-corrected chi connectivity index (χ1v) is 10.1. The third-order valence-corrected chi connectivity index (χ3v) is 5.60. The van der Waals surface area contributed by atoms with Gasteiger partial charge in [-0.3, -0.25) is 0 Å². The number of nitriles is 1. The number of nitrogens with zero attached hydrogens (tertiary/aromatic N) is 7. The van der Waals surface area contributed by atoms with E-state index >= 15 is 0 Å². The van der Waals surface area contributed by atoms with Crippen molar-refractivity contribution in [1.82, 2.24) is 19.7 Å². The Morgan fingerprint density at radius 1 is 0.903 bits per heavy atom. The van der Waals surface area contributed by atoms with E-state index < -0.39 is 0 Å². The maximum Gasteiger partial charge on any atom is 0.168 e. The summed E-state index contributed by atoms with van der Waals surface area (Å²) in [5.41, 5.74) is 3.07. The standard InChI is InChI=1S/C23H21N7O/c1-31-21-9-5-4-8-20(21)28-10-12-29(13-11-28)22-18-15-27-30(23(18)26-16-25-22)19-7-3-2-6-17(19)14-24/h2-9,15-16H,10-13H2,1H3. The first kappa shape index (κ1) is 18.9. The molecule has 31 heavy (non-hydrogen) atoms. The summed E-state index contributed by atoms with van der Waals surface area (Å²) in [4.78, 5) is 13.6. The zero-order chi connectivity index (χ0) is 21.2. The SMILES string of the molecule is COc1ccccc1N1CCN(c2ncnc3c2cnn3-c2ccccc2C#N)CC1. The minimum Gasteiger partial charge on any atom is -0.495 e. The highest BCUT2D eigenvalue weighted by molar-refractivity contribution is 5.88. The molecule has 0 spiro atoms. The number of benzene rings is 2. The van der Waals surface area contributed by atoms with Crippen molar-refractivity contribution in [3.8, 4) is 17.5 Å². The molecule has 0 atom stereocenters. The Morgan fingerprint density at radius 2 is 1.61 bits per heavy atom. The molecule has 0 saturated carbocycles. The van der Waals surface area contributed by atoms with Crippen LogP contribution in [0.5, 0.6) is 5.75 Å². The Bertz CT molecular complexity index is 1270. The van der Waals surface area contributed by atoms with Crippen LogP contribution in [-0.4, -0.2) is 53.0 Å². The first-order chi connectivity index (χ1) is 15.3. The van der Waals surface area contributed by atoms with Crippen LogP contribution in [0.15, 0.2) is 61.1 Å². The zero-order valence-electron chi connectivity index (χ0n) is 17.1. The molecule has 1 aliphatic heterocycles. The number of rotatable bonds is 4. The molecule has 0 aliphatic carbocycles. The van der Waals surface area contributed by atoms with E-state index in [-0.39, 0.29) is 0 Å². The van der Waals surface area contributed by atoms with Crippen molar-refractivity contribution in [1.29, 1.82) is 5.26 Å². The van der Waals surface area contributed by atoms with Crippen molar-refractivity contribution in [3.05, 3.63) is 66.6 Å². The van der Waals surface area contributed by atoms with Crippen LogP contribution < -0.4 is 14.5 Å². The number of para-hydroxylation sites is 3. The quantitative estimate of drug-likeness (QED) is 0.510. The van der Waals surface area contributed by atoms with E-state index in [1.165, 1.54) is 0 Å². The maximum absolute atomic E-state index is 9.46. The number of piperazine rings is 1. The predicted octanol–water partition coefficient (Wildman–Crippen LogP) is 3.02. The molecule has 0 radical (unpaired) electrons. The van der Waals surface area contributed by atoms with Crippen LogP contribution in [0, 0.1) is 11.3 Å². The fraction of sp³-hybridized carbons (Fsp3) is 0.217. The average Bonchev–Trinajstić information content (AvgIpc) is 3.28. The van der Waals surface area contributed by atoms with Gasteiger partial charge in [0.05, 0.1) is 35.6 Å². The van der Waals surface area contributed by atoms with E-state index in [9.17, 15) is 5.26 Å². The van der Waals surface area contributed by atoms with Crippen molar-refractivity contribution >= 4 is 22.5 Å². The first-order valence-electron chi connectivity index (χ1n) is 10.1. The Labute approximate surface area is 179 Å². The molecule has 2 aromatic carbocycles. The molecule has 2 aromatic heterocycles. The lowest BCUT2D eigenvalue weighted by atomic mass is 10.2. The number of hydrogen-bond acceptors (Lipinski definition) is 7. The van der Waals surface area contributed by atoms with E-state index in [4.69, 9.17) is 4.74 Å². The lowest BCUT2D eigenvalue weighted by Crippen LogP contribution is -2.47. The molecule has 154 valence electrons. The number of anilines is 2. The van der Waals surface area contributed by atoms with Gasteiger partial charge in [0.25, 0.3) is 0 Å². The van der Waals surface area contributed by atoms with Gasteiger partial charge in [-0.15, -0.1) is 0 Å². The van der Waals surface area contributed by atoms with E-state index in [0.29, 0.717) is 16.9 Å². The van der Waals surface area contributed by atoms with Crippen LogP contribution in [0.3, 0.4) is 0 Å². The Hall–Kier alpha value is -4.12. The van der Waals surface area contributed by atoms with Crippen LogP contribution in [0.2, 0.25) is 0 Å². The van der Waals surface area contributed by atoms with Crippen molar-refractivity contribution in [3.63, 3.8) is 0 Å². The molecule has 0 amide bonds. The highest BCUT2D eigenvalue weighted by atomic mass is 16.5. The van der Waals surface area contributed by atoms with Crippen molar-refractivity contribution in [2.45, 2.75) is 0 Å². The summed E-state index contributed by atoms with van der Waals surface area (Å²) < 4.78 is 7.23. The predicted molar refractivity (Wildman–Crippen MR) is 119 cm³/mol. The van der Waals surface area contributed by atoms with Gasteiger partial charge in [-0.1, -0.05) is 24.3 Å². The van der Waals surface area contributed by atoms with Crippen LogP contribution in [0.25, 0.3) is 16.7 Å². The summed E-state index contributed by atoms with van der Waals surface area (Å²) in [6.45, 7) is 3.36. The lowest BCUT2D eigenvalue weighted by molar-refractivity contribution is 0.413. The van der Waals surface area contributed by atoms with Crippen molar-refractivity contribution in [2.75, 3.05) is 43.1 Å². The van der Waals surface area contributed by atoms with E-state index in [0.717, 1.165) is 48.8 Å². The van der Waals surface area contributed by atoms with E-state index in [1.54, 1.807) is 30.4 Å². The fourth-order valence-electron chi connectivity index (χ4n) is 4.06. The monoisotopic (exact) mass is 411 g/mol. The number of methoxy groups -OCH3 is 1. The molecule has 0 unspecified atom stereocenters. The Balaban J connectivity index is 1.43. The molecule has 1 fully saturated rings. The molecular weight excluding hydrogens is 390 g/mol. The van der Waals surface area contributed by atoms with Crippen LogP contribution >= 0.6 is 0 Å². The van der Waals surface area contributed by atoms with Gasteiger partial charge in [0, 0.05) is 26.2 Å². The third-order valence-electron chi connectivity index (χ3n) is 5.60. The number of hydrogen-bond donors (Lipinski definition) is 0. The largest absolute Gasteiger partial charge is 0.495 e. The molecule has 1 saturated heterocycles. The summed E-state index contributed by atoms with van der Waals surface area (Å²) in [7, 11) is 1.70. The maximum atomic E-state index is 9.46. The molecular formula is C23H21N7O. The Kier molecular flexibility index (Phi) is 4.84. The second kappa shape index (κ2) is 7.95. The molecule has 8 heteroatoms. The fourth-order valence-corrected chi connectivity index (χ4v) is 4.06. The van der Waals surface area contributed by atoms with Gasteiger partial charge in [-0.05, 0) is 24.3 Å². The van der Waals surface area contributed by atoms with Gasteiger partial charge in [0.1, 0.15) is 24.0 Å². The summed E-state index contributed by atoms with van der Waals surface area (Å²) in [5, 5.41) is 14.9. The van der Waals surface area contributed by atoms with Gasteiger partial charge in [-0.2, -0.15) is 10.4 Å². The molecule has 0 bridgehead atoms. The highest BCUT2D eigenvalue weighted by Gasteiger charge is 2.23. The third kappa shape index (κ3) is 3.30. The average molecular weight is 411 g/mol. The van der Waals surface area contributed by atoms with Gasteiger partial charge in [0.15, 0.2) is 5.65 Å². The van der Waals surface area contributed by atoms with Gasteiger partial charge in [-0.25, -0.2) is 14.6 Å². The lowest BCUT2D eigenvalue weighted by Gasteiger charge is -2.37. The highest BCUT2D eigenvalue weighted by Crippen LogP contribution is 2.30. The molecule has 8 nitrogen and oxygen atoms in total. The molecule has 3 heterocycles. The molecule has 0 N–H and O–H groups in total. The number of aromatic nitrogens is 4. The summed E-state index contributed by atoms with van der Waals surface area (Å²) in [6, 6.07) is 17.7. The van der Waals surface area contributed by atoms with Crippen LogP contribution in [0.1, 0.15) is 5.56 Å². The van der Waals surface area contributed by atoms with E-state index in [1.807, 2.05) is 36.4 Å². The van der Waals surface area contributed by atoms with E-state index in [2.05, 4.69) is 37.0 Å². The Morgan fingerprint density at radius 3 is 2.39 bits per heavy atom. The zero-order valence-corrected chi connectivity index (χ0v) is 17.1. The van der Waals surface area contributed by atoms with Crippen LogP contribution in [-0.2, 0) is 0 Å².